The first kappa shape index (κ1) is 74.4. The smallest absolute Gasteiger partial charge is 0.361 e. The van der Waals surface area contributed by atoms with Crippen LogP contribution in [0.3, 0.4) is 0 Å². The molecular formula is C70H116NO8+. The Morgan fingerprint density at radius 3 is 1.09 bits per heavy atom. The van der Waals surface area contributed by atoms with E-state index < -0.39 is 24.3 Å². The van der Waals surface area contributed by atoms with Crippen molar-refractivity contribution in [2.24, 2.45) is 0 Å². The van der Waals surface area contributed by atoms with Crippen molar-refractivity contribution in [3.05, 3.63) is 134 Å². The molecular weight excluding hydrogens is 983 g/mol. The average molecular weight is 1100 g/mol. The molecule has 0 aliphatic carbocycles. The molecule has 0 rings (SSSR count). The molecule has 9 nitrogen and oxygen atoms in total. The number of hydrogen-bond donors (Lipinski definition) is 1. The molecule has 0 aliphatic rings. The normalized spacial score (nSPS) is 13.7. The van der Waals surface area contributed by atoms with Crippen LogP contribution < -0.4 is 0 Å². The fourth-order valence-electron chi connectivity index (χ4n) is 8.09. The van der Waals surface area contributed by atoms with Crippen molar-refractivity contribution in [1.29, 1.82) is 0 Å². The Balaban J connectivity index is 4.25. The molecule has 0 fully saturated rings. The summed E-state index contributed by atoms with van der Waals surface area (Å²) in [6.07, 6.45) is 82.5. The summed E-state index contributed by atoms with van der Waals surface area (Å²) in [5.74, 6) is -2.04. The van der Waals surface area contributed by atoms with Crippen LogP contribution in [0.2, 0.25) is 0 Å². The van der Waals surface area contributed by atoms with Crippen molar-refractivity contribution in [2.75, 3.05) is 47.5 Å². The SMILES string of the molecule is CC/C=C\C/C=C\C/C=C\C/C=C\C/C=C\C/C=C\C/C=C\C/C=C\C/C=C\C/C=C\CCCCCCCCC(=O)OC(COC(=O)CCCCCCCCC/C=C\CCCCCCCC)COC(OCC[N+](C)(C)C)C(=O)O. The topological polar surface area (TPSA) is 108 Å². The molecule has 79 heavy (non-hydrogen) atoms. The Labute approximate surface area is 484 Å². The number of nitrogens with zero attached hydrogens (tertiary/aromatic N) is 1. The molecule has 2 atom stereocenters. The van der Waals surface area contributed by atoms with Crippen LogP contribution in [0, 0.1) is 0 Å². The zero-order valence-electron chi connectivity index (χ0n) is 51.0. The third-order valence-corrected chi connectivity index (χ3v) is 12.9. The Morgan fingerprint density at radius 2 is 0.722 bits per heavy atom. The molecule has 0 amide bonds. The van der Waals surface area contributed by atoms with Gasteiger partial charge in [-0.25, -0.2) is 4.79 Å². The number of unbranched alkanes of at least 4 members (excludes halogenated alkanes) is 19. The lowest BCUT2D eigenvalue weighted by molar-refractivity contribution is -0.870. The van der Waals surface area contributed by atoms with Gasteiger partial charge in [-0.2, -0.15) is 0 Å². The second-order valence-electron chi connectivity index (χ2n) is 21.6. The van der Waals surface area contributed by atoms with E-state index in [1.165, 1.54) is 64.2 Å². The lowest BCUT2D eigenvalue weighted by Crippen LogP contribution is -2.40. The number of allylic oxidation sites excluding steroid dienone is 22. The number of carboxylic acid groups (broad SMARTS) is 1. The molecule has 0 spiro atoms. The Morgan fingerprint density at radius 1 is 0.392 bits per heavy atom. The first-order chi connectivity index (χ1) is 38.6. The van der Waals surface area contributed by atoms with Crippen LogP contribution in [-0.2, 0) is 33.3 Å². The number of esters is 2. The van der Waals surface area contributed by atoms with E-state index in [1.54, 1.807) is 0 Å². The molecule has 0 aromatic heterocycles. The van der Waals surface area contributed by atoms with Crippen LogP contribution in [0.15, 0.2) is 134 Å². The highest BCUT2D eigenvalue weighted by atomic mass is 16.7. The number of carbonyl (C=O) groups is 3. The summed E-state index contributed by atoms with van der Waals surface area (Å²) in [5, 5.41) is 9.71. The fourth-order valence-corrected chi connectivity index (χ4v) is 8.09. The predicted octanol–water partition coefficient (Wildman–Crippen LogP) is 19.0. The Hall–Kier alpha value is -4.57. The standard InChI is InChI=1S/C70H115NO8/c1-6-8-10-12-14-16-18-20-22-24-25-26-27-28-29-30-31-32-33-34-35-36-37-38-39-40-41-42-43-45-47-49-51-53-55-57-59-61-68(73)79-66(65-78-70(69(74)75)76-63-62-71(3,4)5)64-77-67(72)60-58-56-54-52-50-48-46-44-23-21-19-17-15-13-11-9-7-2/h8,10,14,16,20-23,25-26,28-29,31-32,34-35,37-38,40-41,43,45,66,70H,6-7,9,11-13,15,17-19,24,27,30,33,36,39,42,44,46-65H2,1-5H3/p+1/b10-8-,16-14-,22-20-,23-21-,26-25-,29-28-,32-31-,35-34-,38-37-,41-40-,45-43-. The predicted molar refractivity (Wildman–Crippen MR) is 336 cm³/mol. The molecule has 0 bridgehead atoms. The maximum atomic E-state index is 12.9. The van der Waals surface area contributed by atoms with Gasteiger partial charge >= 0.3 is 17.9 Å². The molecule has 1 N–H and O–H groups in total. The van der Waals surface area contributed by atoms with E-state index in [4.69, 9.17) is 18.9 Å². The highest BCUT2D eigenvalue weighted by molar-refractivity contribution is 5.71. The molecule has 0 saturated heterocycles. The summed E-state index contributed by atoms with van der Waals surface area (Å²) in [6.45, 7) is 4.72. The number of carbonyl (C=O) groups excluding carboxylic acids is 2. The zero-order chi connectivity index (χ0) is 57.6. The summed E-state index contributed by atoms with van der Waals surface area (Å²) in [4.78, 5) is 37.5. The van der Waals surface area contributed by atoms with Crippen molar-refractivity contribution in [3.8, 4) is 0 Å². The van der Waals surface area contributed by atoms with Crippen LogP contribution in [0.25, 0.3) is 0 Å². The molecule has 2 unspecified atom stereocenters. The van der Waals surface area contributed by atoms with E-state index in [2.05, 4.69) is 148 Å². The first-order valence-corrected chi connectivity index (χ1v) is 31.3. The molecule has 9 heteroatoms. The van der Waals surface area contributed by atoms with Gasteiger partial charge in [0.15, 0.2) is 6.10 Å². The second kappa shape index (κ2) is 59.5. The van der Waals surface area contributed by atoms with Gasteiger partial charge in [-0.05, 0) is 116 Å². The van der Waals surface area contributed by atoms with Crippen LogP contribution in [-0.4, -0.2) is 87.4 Å². The lowest BCUT2D eigenvalue weighted by atomic mass is 10.1. The number of quaternary nitrogens is 1. The lowest BCUT2D eigenvalue weighted by Gasteiger charge is -2.25. The molecule has 0 heterocycles. The first-order valence-electron chi connectivity index (χ1n) is 31.3. The number of ether oxygens (including phenoxy) is 4. The van der Waals surface area contributed by atoms with Crippen molar-refractivity contribution < 1.29 is 42.9 Å². The monoisotopic (exact) mass is 1100 g/mol. The minimum Gasteiger partial charge on any atom is -0.477 e. The van der Waals surface area contributed by atoms with Crippen molar-refractivity contribution in [1.82, 2.24) is 0 Å². The number of carboxylic acids is 1. The summed E-state index contributed by atoms with van der Waals surface area (Å²) < 4.78 is 22.9. The van der Waals surface area contributed by atoms with E-state index >= 15 is 0 Å². The zero-order valence-corrected chi connectivity index (χ0v) is 51.0. The largest absolute Gasteiger partial charge is 0.477 e. The average Bonchev–Trinajstić information content (AvgIpc) is 3.42. The maximum Gasteiger partial charge on any atom is 0.361 e. The Bertz CT molecular complexity index is 1750. The molecule has 0 saturated carbocycles. The van der Waals surface area contributed by atoms with Crippen molar-refractivity contribution in [2.45, 2.75) is 245 Å². The number of rotatable bonds is 56. The summed E-state index contributed by atoms with van der Waals surface area (Å²) in [5.41, 5.74) is 0. The van der Waals surface area contributed by atoms with Gasteiger partial charge in [0, 0.05) is 12.8 Å². The summed E-state index contributed by atoms with van der Waals surface area (Å²) in [7, 11) is 5.95. The van der Waals surface area contributed by atoms with E-state index in [0.29, 0.717) is 17.4 Å². The minimum absolute atomic E-state index is 0.177. The van der Waals surface area contributed by atoms with Crippen LogP contribution >= 0.6 is 0 Å². The summed E-state index contributed by atoms with van der Waals surface area (Å²) in [6, 6.07) is 0. The van der Waals surface area contributed by atoms with E-state index in [9.17, 15) is 19.5 Å². The Kier molecular flexibility index (Phi) is 56.1. The van der Waals surface area contributed by atoms with Gasteiger partial charge in [-0.1, -0.05) is 237 Å². The molecule has 0 aromatic carbocycles. The summed E-state index contributed by atoms with van der Waals surface area (Å²) >= 11 is 0. The van der Waals surface area contributed by atoms with Crippen LogP contribution in [0.4, 0.5) is 0 Å². The maximum absolute atomic E-state index is 12.9. The third kappa shape index (κ3) is 60.9. The van der Waals surface area contributed by atoms with Crippen LogP contribution in [0.5, 0.6) is 0 Å². The van der Waals surface area contributed by atoms with Crippen molar-refractivity contribution >= 4 is 17.9 Å². The minimum atomic E-state index is -1.52. The van der Waals surface area contributed by atoms with Gasteiger partial charge < -0.3 is 28.5 Å². The van der Waals surface area contributed by atoms with Crippen LogP contribution in [0.1, 0.15) is 232 Å². The van der Waals surface area contributed by atoms with Gasteiger partial charge in [-0.3, -0.25) is 9.59 Å². The van der Waals surface area contributed by atoms with Gasteiger partial charge in [-0.15, -0.1) is 0 Å². The van der Waals surface area contributed by atoms with Gasteiger partial charge in [0.25, 0.3) is 6.29 Å². The number of likely N-dealkylation sites (N-methyl/N-ethyl adjacent to an activating group) is 1. The quantitative estimate of drug-likeness (QED) is 0.0211. The van der Waals surface area contributed by atoms with E-state index in [0.717, 1.165) is 135 Å². The number of aliphatic carboxylic acids is 1. The van der Waals surface area contributed by atoms with E-state index in [1.807, 2.05) is 21.1 Å². The molecule has 0 aliphatic heterocycles. The van der Waals surface area contributed by atoms with Gasteiger partial charge in [0.1, 0.15) is 13.2 Å². The highest BCUT2D eigenvalue weighted by Crippen LogP contribution is 2.14. The number of hydrogen-bond acceptors (Lipinski definition) is 7. The van der Waals surface area contributed by atoms with Gasteiger partial charge in [0.2, 0.25) is 0 Å². The van der Waals surface area contributed by atoms with Gasteiger partial charge in [0.05, 0.1) is 34.4 Å². The third-order valence-electron chi connectivity index (χ3n) is 12.9. The fraction of sp³-hybridized carbons (Fsp3) is 0.643. The van der Waals surface area contributed by atoms with E-state index in [-0.39, 0.29) is 38.6 Å². The van der Waals surface area contributed by atoms with Crippen molar-refractivity contribution in [3.63, 3.8) is 0 Å². The molecule has 0 aromatic rings. The molecule has 448 valence electrons. The highest BCUT2D eigenvalue weighted by Gasteiger charge is 2.25. The second-order valence-corrected chi connectivity index (χ2v) is 21.6. The molecule has 0 radical (unpaired) electrons.